The minimum absolute atomic E-state index is 0.215. The van der Waals surface area contributed by atoms with Crippen LogP contribution >= 0.6 is 0 Å². The third kappa shape index (κ3) is 4.82. The minimum atomic E-state index is -3.53. The van der Waals surface area contributed by atoms with Crippen molar-refractivity contribution in [1.82, 2.24) is 0 Å². The lowest BCUT2D eigenvalue weighted by atomic mass is 10.1. The topological polar surface area (TPSA) is 86.7 Å². The van der Waals surface area contributed by atoms with Crippen molar-refractivity contribution in [3.8, 4) is 0 Å². The lowest BCUT2D eigenvalue weighted by Gasteiger charge is -2.07. The van der Waals surface area contributed by atoms with Gasteiger partial charge in [-0.3, -0.25) is 9.59 Å². The van der Waals surface area contributed by atoms with Gasteiger partial charge in [-0.2, -0.15) is 0 Å². The first-order valence-corrected chi connectivity index (χ1v) is 7.14. The molecule has 1 unspecified atom stereocenters. The average molecular weight is 264 g/mol. The molecule has 0 spiro atoms. The van der Waals surface area contributed by atoms with Crippen molar-refractivity contribution in [2.45, 2.75) is 12.8 Å². The van der Waals surface area contributed by atoms with Crippen molar-refractivity contribution in [1.29, 1.82) is 0 Å². The van der Waals surface area contributed by atoms with Crippen molar-refractivity contribution >= 4 is 21.6 Å². The predicted octanol–water partition coefficient (Wildman–Crippen LogP) is -0.430. The molecular weight excluding hydrogens is 248 g/mol. The molecule has 1 fully saturated rings. The van der Waals surface area contributed by atoms with Crippen LogP contribution in [0.15, 0.2) is 0 Å². The molecule has 0 amide bonds. The Hall–Kier alpha value is -0.950. The van der Waals surface area contributed by atoms with Crippen LogP contribution in [0.1, 0.15) is 12.8 Å². The molecule has 0 aromatic carbocycles. The fraction of sp³-hybridized carbons (Fsp3) is 0.800. The Labute approximate surface area is 100 Å². The number of hydrogen-bond donors (Lipinski definition) is 0. The summed E-state index contributed by atoms with van der Waals surface area (Å²) in [5.41, 5.74) is 0. The first-order valence-electron chi connectivity index (χ1n) is 5.32. The van der Waals surface area contributed by atoms with Crippen LogP contribution in [0.3, 0.4) is 0 Å². The van der Waals surface area contributed by atoms with E-state index in [0.29, 0.717) is 19.6 Å². The monoisotopic (exact) mass is 264 g/mol. The number of methoxy groups -OCH3 is 1. The largest absolute Gasteiger partial charge is 0.469 e. The van der Waals surface area contributed by atoms with Gasteiger partial charge in [-0.05, 0) is 6.42 Å². The number of ether oxygens (including phenoxy) is 2. The highest BCUT2D eigenvalue weighted by atomic mass is 32.2. The van der Waals surface area contributed by atoms with Crippen LogP contribution in [-0.2, 0) is 28.9 Å². The van der Waals surface area contributed by atoms with Gasteiger partial charge in [0.25, 0.3) is 0 Å². The van der Waals surface area contributed by atoms with Gasteiger partial charge in [0.15, 0.2) is 15.6 Å². The molecule has 0 N–H and O–H groups in total. The zero-order chi connectivity index (χ0) is 12.9. The molecule has 1 rings (SSSR count). The van der Waals surface area contributed by atoms with Gasteiger partial charge in [0.1, 0.15) is 5.75 Å². The number of hydrogen-bond acceptors (Lipinski definition) is 6. The second kappa shape index (κ2) is 6.11. The number of sulfone groups is 1. The van der Waals surface area contributed by atoms with Crippen LogP contribution in [0.2, 0.25) is 0 Å². The van der Waals surface area contributed by atoms with E-state index in [0.717, 1.165) is 0 Å². The van der Waals surface area contributed by atoms with Gasteiger partial charge in [-0.15, -0.1) is 0 Å². The molecule has 1 aliphatic heterocycles. The van der Waals surface area contributed by atoms with Crippen LogP contribution in [0.5, 0.6) is 0 Å². The predicted molar refractivity (Wildman–Crippen MR) is 59.2 cm³/mol. The molecule has 17 heavy (non-hydrogen) atoms. The van der Waals surface area contributed by atoms with E-state index in [1.54, 1.807) is 0 Å². The summed E-state index contributed by atoms with van der Waals surface area (Å²) in [5, 5.41) is 0. The van der Waals surface area contributed by atoms with Crippen molar-refractivity contribution < 1.29 is 27.5 Å². The lowest BCUT2D eigenvalue weighted by Crippen LogP contribution is -2.26. The van der Waals surface area contributed by atoms with Gasteiger partial charge >= 0.3 is 5.97 Å². The maximum Gasteiger partial charge on any atom is 0.306 e. The highest BCUT2D eigenvalue weighted by Gasteiger charge is 2.27. The van der Waals surface area contributed by atoms with E-state index in [2.05, 4.69) is 4.74 Å². The summed E-state index contributed by atoms with van der Waals surface area (Å²) in [6, 6.07) is 0. The van der Waals surface area contributed by atoms with Crippen LogP contribution < -0.4 is 0 Å². The summed E-state index contributed by atoms with van der Waals surface area (Å²) in [6.45, 7) is 0.796. The van der Waals surface area contributed by atoms with Gasteiger partial charge in [-0.25, -0.2) is 8.42 Å². The number of esters is 1. The summed E-state index contributed by atoms with van der Waals surface area (Å²) in [7, 11) is -2.34. The molecule has 0 bridgehead atoms. The highest BCUT2D eigenvalue weighted by Crippen LogP contribution is 2.14. The maximum atomic E-state index is 11.6. The van der Waals surface area contributed by atoms with Gasteiger partial charge in [0, 0.05) is 12.5 Å². The molecule has 0 saturated carbocycles. The molecule has 1 aliphatic rings. The number of carbonyl (C=O) groups excluding carboxylic acids is 2. The normalized spacial score (nSPS) is 20.2. The Kier molecular flexibility index (Phi) is 5.07. The summed E-state index contributed by atoms with van der Waals surface area (Å²) in [5.74, 6) is -2.10. The van der Waals surface area contributed by atoms with E-state index in [4.69, 9.17) is 4.74 Å². The summed E-state index contributed by atoms with van der Waals surface area (Å²) in [6.07, 6.45) is 0.360. The van der Waals surface area contributed by atoms with E-state index in [-0.39, 0.29) is 23.9 Å². The Morgan fingerprint density at radius 3 is 2.65 bits per heavy atom. The molecule has 0 aromatic heterocycles. The molecule has 1 atom stereocenters. The SMILES string of the molecule is COC(=O)CCS(=O)(=O)CC(=O)C1CCOC1. The molecule has 1 heterocycles. The molecule has 0 radical (unpaired) electrons. The minimum Gasteiger partial charge on any atom is -0.469 e. The second-order valence-electron chi connectivity index (χ2n) is 3.94. The van der Waals surface area contributed by atoms with Gasteiger partial charge in [0.05, 0.1) is 25.9 Å². The first-order chi connectivity index (χ1) is 7.94. The standard InChI is InChI=1S/C10H16O6S/c1-15-10(12)3-5-17(13,14)7-9(11)8-2-4-16-6-8/h8H,2-7H2,1H3. The van der Waals surface area contributed by atoms with Gasteiger partial charge in [0.2, 0.25) is 0 Å². The van der Waals surface area contributed by atoms with Crippen molar-refractivity contribution in [2.75, 3.05) is 31.8 Å². The van der Waals surface area contributed by atoms with Crippen LogP contribution in [0.4, 0.5) is 0 Å². The number of rotatable bonds is 6. The first kappa shape index (κ1) is 14.1. The van der Waals surface area contributed by atoms with Crippen molar-refractivity contribution in [2.24, 2.45) is 5.92 Å². The third-order valence-corrected chi connectivity index (χ3v) is 4.14. The molecule has 0 aliphatic carbocycles. The molecular formula is C10H16O6S. The molecule has 98 valence electrons. The number of carbonyl (C=O) groups is 2. The summed E-state index contributed by atoms with van der Waals surface area (Å²) in [4.78, 5) is 22.4. The Morgan fingerprint density at radius 2 is 2.12 bits per heavy atom. The van der Waals surface area contributed by atoms with E-state index < -0.39 is 21.6 Å². The summed E-state index contributed by atoms with van der Waals surface area (Å²) >= 11 is 0. The Bertz CT molecular complexity index is 380. The molecule has 6 nitrogen and oxygen atoms in total. The third-order valence-electron chi connectivity index (χ3n) is 2.59. The Balaban J connectivity index is 2.42. The van der Waals surface area contributed by atoms with Crippen LogP contribution in [0.25, 0.3) is 0 Å². The van der Waals surface area contributed by atoms with Crippen molar-refractivity contribution in [3.05, 3.63) is 0 Å². The van der Waals surface area contributed by atoms with E-state index >= 15 is 0 Å². The summed E-state index contributed by atoms with van der Waals surface area (Å²) < 4.78 is 32.5. The zero-order valence-electron chi connectivity index (χ0n) is 9.68. The van der Waals surface area contributed by atoms with Crippen LogP contribution in [0, 0.1) is 5.92 Å². The molecule has 7 heteroatoms. The Morgan fingerprint density at radius 1 is 1.41 bits per heavy atom. The molecule has 0 aromatic rings. The fourth-order valence-corrected chi connectivity index (χ4v) is 2.83. The quantitative estimate of drug-likeness (QED) is 0.605. The molecule has 1 saturated heterocycles. The van der Waals surface area contributed by atoms with E-state index in [1.165, 1.54) is 7.11 Å². The van der Waals surface area contributed by atoms with E-state index in [9.17, 15) is 18.0 Å². The maximum absolute atomic E-state index is 11.6. The smallest absolute Gasteiger partial charge is 0.306 e. The van der Waals surface area contributed by atoms with Gasteiger partial charge < -0.3 is 9.47 Å². The van der Waals surface area contributed by atoms with Crippen molar-refractivity contribution in [3.63, 3.8) is 0 Å². The zero-order valence-corrected chi connectivity index (χ0v) is 10.5. The number of Topliss-reactive ketones (excluding diaryl/α,β-unsaturated/α-hetero) is 1. The van der Waals surface area contributed by atoms with E-state index in [1.807, 2.05) is 0 Å². The average Bonchev–Trinajstić information content (AvgIpc) is 2.78. The lowest BCUT2D eigenvalue weighted by molar-refractivity contribution is -0.140. The second-order valence-corrected chi connectivity index (χ2v) is 6.13. The fourth-order valence-electron chi connectivity index (χ4n) is 1.54. The van der Waals surface area contributed by atoms with Crippen LogP contribution in [-0.4, -0.2) is 52.0 Å². The highest BCUT2D eigenvalue weighted by molar-refractivity contribution is 7.92. The number of ketones is 1. The van der Waals surface area contributed by atoms with Gasteiger partial charge in [-0.1, -0.05) is 0 Å².